The van der Waals surface area contributed by atoms with Crippen LogP contribution in [0.2, 0.25) is 0 Å². The first-order valence-electron chi connectivity index (χ1n) is 12.5. The Kier molecular flexibility index (Phi) is 7.98. The molecule has 4 atom stereocenters. The number of hydrogen-bond donors (Lipinski definition) is 5. The van der Waals surface area contributed by atoms with Crippen LogP contribution in [0.1, 0.15) is 39.0 Å². The highest BCUT2D eigenvalue weighted by atomic mass is 16.6. The Balaban J connectivity index is 1.21. The van der Waals surface area contributed by atoms with Gasteiger partial charge in [0, 0.05) is 25.0 Å². The van der Waals surface area contributed by atoms with E-state index in [1.807, 2.05) is 36.2 Å². The van der Waals surface area contributed by atoms with Gasteiger partial charge >= 0.3 is 6.03 Å². The standard InChI is InChI=1S/C26H37N7O4/c1-26(2,3)16-6-8-17(9-7-16)31-25(36)28-11-5-12-32(4)14-19-20(34)21(35)24(37-19)33-13-10-18-22(27)29-15-30-23(18)33/h6-10,13,15,19-21,24,34-35H,5,11-12,14H2,1-4H3,(H2,27,29,30)(H2,28,31,36)/t19-,20-,21-,24?/m1/s1. The summed E-state index contributed by atoms with van der Waals surface area (Å²) in [6.07, 6.45) is 0.231. The second kappa shape index (κ2) is 11.0. The predicted molar refractivity (Wildman–Crippen MR) is 142 cm³/mol. The van der Waals surface area contributed by atoms with E-state index in [-0.39, 0.29) is 11.4 Å². The zero-order valence-electron chi connectivity index (χ0n) is 21.8. The van der Waals surface area contributed by atoms with Gasteiger partial charge in [0.15, 0.2) is 6.23 Å². The molecule has 0 spiro atoms. The van der Waals surface area contributed by atoms with E-state index in [4.69, 9.17) is 10.5 Å². The molecule has 37 heavy (non-hydrogen) atoms. The van der Waals surface area contributed by atoms with Gasteiger partial charge in [-0.25, -0.2) is 14.8 Å². The van der Waals surface area contributed by atoms with Gasteiger partial charge in [-0.2, -0.15) is 0 Å². The molecule has 1 aromatic carbocycles. The second-order valence-electron chi connectivity index (χ2n) is 10.6. The maximum Gasteiger partial charge on any atom is 0.319 e. The molecule has 4 rings (SSSR count). The van der Waals surface area contributed by atoms with Crippen LogP contribution in [0.5, 0.6) is 0 Å². The van der Waals surface area contributed by atoms with Gasteiger partial charge in [-0.3, -0.25) is 0 Å². The third-order valence-corrected chi connectivity index (χ3v) is 6.65. The molecule has 1 unspecified atom stereocenters. The van der Waals surface area contributed by atoms with Gasteiger partial charge in [-0.05, 0) is 49.2 Å². The number of anilines is 2. The summed E-state index contributed by atoms with van der Waals surface area (Å²) in [5, 5.41) is 27.6. The highest BCUT2D eigenvalue weighted by Gasteiger charge is 2.44. The molecule has 11 nitrogen and oxygen atoms in total. The highest BCUT2D eigenvalue weighted by molar-refractivity contribution is 5.89. The normalized spacial score (nSPS) is 22.0. The first-order chi connectivity index (χ1) is 17.5. The van der Waals surface area contributed by atoms with Crippen LogP contribution in [-0.4, -0.2) is 80.7 Å². The average molecular weight is 512 g/mol. The molecule has 6 N–H and O–H groups in total. The lowest BCUT2D eigenvalue weighted by Gasteiger charge is -2.23. The molecular formula is C26H37N7O4. The first kappa shape index (κ1) is 26.8. The van der Waals surface area contributed by atoms with Crippen molar-refractivity contribution >= 4 is 28.6 Å². The second-order valence-corrected chi connectivity index (χ2v) is 10.6. The number of benzene rings is 1. The van der Waals surface area contributed by atoms with Gasteiger partial charge in [0.2, 0.25) is 0 Å². The lowest BCUT2D eigenvalue weighted by atomic mass is 9.87. The van der Waals surface area contributed by atoms with E-state index in [1.165, 1.54) is 11.9 Å². The molecular weight excluding hydrogens is 474 g/mol. The Morgan fingerprint density at radius 3 is 2.59 bits per heavy atom. The van der Waals surface area contributed by atoms with E-state index >= 15 is 0 Å². The number of aromatic nitrogens is 3. The van der Waals surface area contributed by atoms with Crippen molar-refractivity contribution in [1.29, 1.82) is 0 Å². The fraction of sp³-hybridized carbons (Fsp3) is 0.500. The van der Waals surface area contributed by atoms with Crippen molar-refractivity contribution in [2.45, 2.75) is 57.1 Å². The number of urea groups is 1. The Morgan fingerprint density at radius 2 is 1.89 bits per heavy atom. The Hall–Kier alpha value is -3.25. The summed E-state index contributed by atoms with van der Waals surface area (Å²) in [4.78, 5) is 22.4. The van der Waals surface area contributed by atoms with Crippen molar-refractivity contribution in [3.05, 3.63) is 48.4 Å². The van der Waals surface area contributed by atoms with Crippen molar-refractivity contribution in [3.8, 4) is 0 Å². The third kappa shape index (κ3) is 6.19. The van der Waals surface area contributed by atoms with Crippen molar-refractivity contribution in [3.63, 3.8) is 0 Å². The minimum atomic E-state index is -1.12. The summed E-state index contributed by atoms with van der Waals surface area (Å²) in [5.74, 6) is 0.341. The fourth-order valence-corrected chi connectivity index (χ4v) is 4.48. The van der Waals surface area contributed by atoms with E-state index in [1.54, 1.807) is 16.8 Å². The molecule has 1 aliphatic heterocycles. The number of carbonyl (C=O) groups excluding carboxylic acids is 1. The number of nitrogens with zero attached hydrogens (tertiary/aromatic N) is 4. The van der Waals surface area contributed by atoms with Crippen molar-refractivity contribution in [1.82, 2.24) is 24.8 Å². The van der Waals surface area contributed by atoms with Gasteiger partial charge in [0.05, 0.1) is 5.39 Å². The zero-order valence-corrected chi connectivity index (χ0v) is 21.8. The topological polar surface area (TPSA) is 151 Å². The van der Waals surface area contributed by atoms with Crippen molar-refractivity contribution in [2.24, 2.45) is 0 Å². The Morgan fingerprint density at radius 1 is 1.16 bits per heavy atom. The number of fused-ring (bicyclic) bond motifs is 1. The molecule has 200 valence electrons. The number of aliphatic hydroxyl groups excluding tert-OH is 2. The first-order valence-corrected chi connectivity index (χ1v) is 12.5. The fourth-order valence-electron chi connectivity index (χ4n) is 4.48. The minimum Gasteiger partial charge on any atom is -0.387 e. The number of rotatable bonds is 8. The summed E-state index contributed by atoms with van der Waals surface area (Å²) in [5.41, 5.74) is 8.45. The van der Waals surface area contributed by atoms with Gasteiger partial charge in [-0.1, -0.05) is 32.9 Å². The van der Waals surface area contributed by atoms with Crippen LogP contribution in [0.4, 0.5) is 16.3 Å². The lowest BCUT2D eigenvalue weighted by molar-refractivity contribution is -0.0419. The molecule has 0 aliphatic carbocycles. The Labute approximate surface area is 216 Å². The van der Waals surface area contributed by atoms with Crippen LogP contribution in [0.3, 0.4) is 0 Å². The molecule has 1 saturated heterocycles. The summed E-state index contributed by atoms with van der Waals surface area (Å²) < 4.78 is 7.70. The number of nitrogens with one attached hydrogen (secondary N) is 2. The maximum atomic E-state index is 12.2. The van der Waals surface area contributed by atoms with Gasteiger partial charge in [-0.15, -0.1) is 0 Å². The smallest absolute Gasteiger partial charge is 0.319 e. The maximum absolute atomic E-state index is 12.2. The number of likely N-dealkylation sites (N-methyl/N-ethyl adjacent to an activating group) is 1. The summed E-state index contributed by atoms with van der Waals surface area (Å²) in [7, 11) is 1.91. The van der Waals surface area contributed by atoms with E-state index in [0.29, 0.717) is 42.9 Å². The lowest BCUT2D eigenvalue weighted by Crippen LogP contribution is -2.39. The molecule has 11 heteroatoms. The van der Waals surface area contributed by atoms with Crippen LogP contribution in [0, 0.1) is 0 Å². The van der Waals surface area contributed by atoms with Crippen molar-refractivity contribution in [2.75, 3.05) is 37.7 Å². The number of nitrogens with two attached hydrogens (primary N) is 1. The molecule has 3 aromatic rings. The van der Waals surface area contributed by atoms with Gasteiger partial charge in [0.25, 0.3) is 0 Å². The SMILES string of the molecule is CN(CCCNC(=O)Nc1ccc(C(C)(C)C)cc1)C[C@H]1OC(n2ccc3c(N)ncnc32)[C@H](O)[C@@H]1O. The predicted octanol–water partition coefficient (Wildman–Crippen LogP) is 2.07. The van der Waals surface area contributed by atoms with E-state index in [2.05, 4.69) is 41.4 Å². The van der Waals surface area contributed by atoms with Gasteiger partial charge < -0.3 is 40.8 Å². The third-order valence-electron chi connectivity index (χ3n) is 6.65. The number of carbonyl (C=O) groups is 1. The molecule has 0 radical (unpaired) electrons. The number of aliphatic hydroxyl groups is 2. The quantitative estimate of drug-likeness (QED) is 0.288. The van der Waals surface area contributed by atoms with Crippen LogP contribution < -0.4 is 16.4 Å². The van der Waals surface area contributed by atoms with Crippen LogP contribution >= 0.6 is 0 Å². The van der Waals surface area contributed by atoms with Gasteiger partial charge in [0.1, 0.15) is 36.1 Å². The van der Waals surface area contributed by atoms with Crippen LogP contribution in [0.15, 0.2) is 42.9 Å². The molecule has 2 aromatic heterocycles. The molecule has 1 aliphatic rings. The van der Waals surface area contributed by atoms with E-state index < -0.39 is 24.5 Å². The number of amides is 2. The van der Waals surface area contributed by atoms with Crippen molar-refractivity contribution < 1.29 is 19.7 Å². The zero-order chi connectivity index (χ0) is 26.7. The average Bonchev–Trinajstić information content (AvgIpc) is 3.39. The minimum absolute atomic E-state index is 0.0610. The number of nitrogen functional groups attached to an aromatic ring is 1. The summed E-state index contributed by atoms with van der Waals surface area (Å²) >= 11 is 0. The summed E-state index contributed by atoms with van der Waals surface area (Å²) in [6, 6.07) is 9.36. The largest absolute Gasteiger partial charge is 0.387 e. The van der Waals surface area contributed by atoms with Crippen LogP contribution in [0.25, 0.3) is 11.0 Å². The van der Waals surface area contributed by atoms with Crippen LogP contribution in [-0.2, 0) is 10.2 Å². The molecule has 0 bridgehead atoms. The van der Waals surface area contributed by atoms with E-state index in [9.17, 15) is 15.0 Å². The Bertz CT molecular complexity index is 1210. The molecule has 0 saturated carbocycles. The monoisotopic (exact) mass is 511 g/mol. The molecule has 1 fully saturated rings. The van der Waals surface area contributed by atoms with E-state index in [0.717, 1.165) is 5.69 Å². The highest BCUT2D eigenvalue weighted by Crippen LogP contribution is 2.33. The molecule has 2 amide bonds. The molecule has 3 heterocycles. The number of hydrogen-bond acceptors (Lipinski definition) is 8. The summed E-state index contributed by atoms with van der Waals surface area (Å²) in [6.45, 7) is 8.02. The number of ether oxygens (including phenoxy) is 1.